The number of piperidine rings is 1. The number of carbonyl (C=O) groups excluding carboxylic acids is 2. The number of benzene rings is 1. The number of sulfonamides is 1. The summed E-state index contributed by atoms with van der Waals surface area (Å²) in [6.45, 7) is 10.0. The van der Waals surface area contributed by atoms with Crippen LogP contribution in [0, 0.1) is 26.7 Å². The van der Waals surface area contributed by atoms with E-state index in [9.17, 15) is 18.0 Å². The molecular formula is C24H33N3O5S. The number of rotatable bonds is 7. The molecule has 1 aliphatic heterocycles. The molecule has 33 heavy (non-hydrogen) atoms. The van der Waals surface area contributed by atoms with Gasteiger partial charge in [-0.2, -0.15) is 4.31 Å². The molecular weight excluding hydrogens is 442 g/mol. The number of esters is 1. The van der Waals surface area contributed by atoms with Gasteiger partial charge in [0, 0.05) is 36.7 Å². The maximum Gasteiger partial charge on any atom is 0.341 e. The Labute approximate surface area is 196 Å². The number of carbonyl (C=O) groups is 2. The smallest absolute Gasteiger partial charge is 0.341 e. The molecule has 180 valence electrons. The first kappa shape index (κ1) is 25.0. The van der Waals surface area contributed by atoms with Crippen LogP contribution >= 0.6 is 0 Å². The van der Waals surface area contributed by atoms with E-state index in [1.807, 2.05) is 42.7 Å². The fraction of sp³-hybridized carbons (Fsp3) is 0.500. The predicted octanol–water partition coefficient (Wildman–Crippen LogP) is 3.65. The van der Waals surface area contributed by atoms with Crippen LogP contribution < -0.4 is 5.32 Å². The van der Waals surface area contributed by atoms with Crippen LogP contribution in [0.1, 0.15) is 54.0 Å². The van der Waals surface area contributed by atoms with E-state index >= 15 is 0 Å². The molecule has 0 saturated carbocycles. The maximum atomic E-state index is 13.8. The van der Waals surface area contributed by atoms with Crippen LogP contribution in [0.5, 0.6) is 0 Å². The second-order valence-corrected chi connectivity index (χ2v) is 10.3. The fourth-order valence-corrected chi connectivity index (χ4v) is 6.54. The zero-order valence-corrected chi connectivity index (χ0v) is 20.8. The molecule has 2 heterocycles. The summed E-state index contributed by atoms with van der Waals surface area (Å²) in [7, 11) is -4.01. The first-order valence-electron chi connectivity index (χ1n) is 11.4. The van der Waals surface area contributed by atoms with Crippen LogP contribution in [0.3, 0.4) is 0 Å². The molecule has 0 bridgehead atoms. The van der Waals surface area contributed by atoms with Gasteiger partial charge < -0.3 is 14.6 Å². The Morgan fingerprint density at radius 3 is 2.52 bits per heavy atom. The summed E-state index contributed by atoms with van der Waals surface area (Å²) in [5.41, 5.74) is 2.87. The standard InChI is InChI=1S/C24H33N3O5S/c1-6-27-17(4)21(24(29)32-7-2)22(18(27)5)33(30,31)26-13-9-11-19(15-26)23(28)25-20-12-8-10-16(3)14-20/h8,10,12,14,19H,6-7,9,11,13,15H2,1-5H3,(H,25,28)/t19-/m1/s1. The van der Waals surface area contributed by atoms with E-state index in [2.05, 4.69) is 5.32 Å². The highest BCUT2D eigenvalue weighted by molar-refractivity contribution is 7.89. The highest BCUT2D eigenvalue weighted by Gasteiger charge is 2.39. The van der Waals surface area contributed by atoms with Crippen LogP contribution in [-0.2, 0) is 26.1 Å². The summed E-state index contributed by atoms with van der Waals surface area (Å²) in [4.78, 5) is 25.6. The molecule has 1 atom stereocenters. The zero-order chi connectivity index (χ0) is 24.3. The molecule has 1 aromatic carbocycles. The van der Waals surface area contributed by atoms with Crippen molar-refractivity contribution < 1.29 is 22.7 Å². The second kappa shape index (κ2) is 10.1. The van der Waals surface area contributed by atoms with E-state index in [1.54, 1.807) is 20.8 Å². The van der Waals surface area contributed by atoms with Gasteiger partial charge in [-0.05, 0) is 65.2 Å². The lowest BCUT2D eigenvalue weighted by atomic mass is 9.98. The highest BCUT2D eigenvalue weighted by atomic mass is 32.2. The fourth-order valence-electron chi connectivity index (χ4n) is 4.56. The molecule has 2 aromatic rings. The Balaban J connectivity index is 1.91. The third-order valence-corrected chi connectivity index (χ3v) is 8.19. The summed E-state index contributed by atoms with van der Waals surface area (Å²) >= 11 is 0. The van der Waals surface area contributed by atoms with Gasteiger partial charge in [0.1, 0.15) is 10.5 Å². The minimum Gasteiger partial charge on any atom is -0.462 e. The highest BCUT2D eigenvalue weighted by Crippen LogP contribution is 2.33. The number of ether oxygens (including phenoxy) is 1. The number of nitrogens with zero attached hydrogens (tertiary/aromatic N) is 2. The van der Waals surface area contributed by atoms with Gasteiger partial charge in [-0.1, -0.05) is 12.1 Å². The lowest BCUT2D eigenvalue weighted by Gasteiger charge is -2.31. The summed E-state index contributed by atoms with van der Waals surface area (Å²) in [5.74, 6) is -1.32. The summed E-state index contributed by atoms with van der Waals surface area (Å²) in [6.07, 6.45) is 1.16. The molecule has 1 saturated heterocycles. The van der Waals surface area contributed by atoms with Crippen molar-refractivity contribution in [2.24, 2.45) is 5.92 Å². The third-order valence-electron chi connectivity index (χ3n) is 6.16. The number of hydrogen-bond acceptors (Lipinski definition) is 5. The van der Waals surface area contributed by atoms with Gasteiger partial charge in [0.05, 0.1) is 12.5 Å². The van der Waals surface area contributed by atoms with Crippen LogP contribution in [0.25, 0.3) is 0 Å². The minimum atomic E-state index is -4.01. The van der Waals surface area contributed by atoms with Crippen molar-refractivity contribution in [3.8, 4) is 0 Å². The monoisotopic (exact) mass is 475 g/mol. The van der Waals surface area contributed by atoms with E-state index in [1.165, 1.54) is 4.31 Å². The first-order valence-corrected chi connectivity index (χ1v) is 12.8. The maximum absolute atomic E-state index is 13.8. The minimum absolute atomic E-state index is 0.0138. The van der Waals surface area contributed by atoms with Gasteiger partial charge >= 0.3 is 5.97 Å². The molecule has 0 spiro atoms. The number of nitrogens with one attached hydrogen (secondary N) is 1. The lowest BCUT2D eigenvalue weighted by molar-refractivity contribution is -0.120. The Kier molecular flexibility index (Phi) is 7.64. The molecule has 1 aromatic heterocycles. The summed E-state index contributed by atoms with van der Waals surface area (Å²) < 4.78 is 35.9. The van der Waals surface area contributed by atoms with Gasteiger partial charge in [0.15, 0.2) is 0 Å². The van der Waals surface area contributed by atoms with Crippen molar-refractivity contribution >= 4 is 27.6 Å². The van der Waals surface area contributed by atoms with Gasteiger partial charge in [-0.15, -0.1) is 0 Å². The molecule has 0 aliphatic carbocycles. The Morgan fingerprint density at radius 1 is 1.15 bits per heavy atom. The van der Waals surface area contributed by atoms with Crippen molar-refractivity contribution in [1.82, 2.24) is 8.87 Å². The molecule has 9 heteroatoms. The lowest BCUT2D eigenvalue weighted by Crippen LogP contribution is -2.44. The number of aromatic nitrogens is 1. The van der Waals surface area contributed by atoms with E-state index in [-0.39, 0.29) is 29.5 Å². The Bertz CT molecular complexity index is 1150. The van der Waals surface area contributed by atoms with Crippen molar-refractivity contribution in [3.05, 3.63) is 46.8 Å². The van der Waals surface area contributed by atoms with Crippen molar-refractivity contribution in [2.45, 2.75) is 58.9 Å². The van der Waals surface area contributed by atoms with Gasteiger partial charge in [0.25, 0.3) is 0 Å². The largest absolute Gasteiger partial charge is 0.462 e. The average Bonchev–Trinajstić information content (AvgIpc) is 3.04. The molecule has 3 rings (SSSR count). The van der Waals surface area contributed by atoms with Crippen molar-refractivity contribution in [2.75, 3.05) is 25.0 Å². The Morgan fingerprint density at radius 2 is 1.88 bits per heavy atom. The van der Waals surface area contributed by atoms with E-state index in [0.717, 1.165) is 5.56 Å². The number of amides is 1. The second-order valence-electron chi connectivity index (χ2n) is 8.40. The van der Waals surface area contributed by atoms with Crippen LogP contribution in [-0.4, -0.2) is 48.9 Å². The number of aryl methyl sites for hydroxylation is 1. The summed E-state index contributed by atoms with van der Waals surface area (Å²) in [5, 5.41) is 2.91. The molecule has 1 fully saturated rings. The molecule has 8 nitrogen and oxygen atoms in total. The molecule has 1 amide bonds. The van der Waals surface area contributed by atoms with E-state index in [0.29, 0.717) is 43.0 Å². The van der Waals surface area contributed by atoms with Crippen molar-refractivity contribution in [1.29, 1.82) is 0 Å². The van der Waals surface area contributed by atoms with Crippen LogP contribution in [0.4, 0.5) is 5.69 Å². The van der Waals surface area contributed by atoms with Gasteiger partial charge in [-0.3, -0.25) is 4.79 Å². The van der Waals surface area contributed by atoms with Crippen molar-refractivity contribution in [3.63, 3.8) is 0 Å². The zero-order valence-electron chi connectivity index (χ0n) is 20.0. The molecule has 0 radical (unpaired) electrons. The molecule has 1 aliphatic rings. The molecule has 0 unspecified atom stereocenters. The van der Waals surface area contributed by atoms with E-state index < -0.39 is 21.9 Å². The SMILES string of the molecule is CCOC(=O)c1c(S(=O)(=O)N2CCC[C@@H](C(=O)Nc3cccc(C)c3)C2)c(C)n(CC)c1C. The number of anilines is 1. The van der Waals surface area contributed by atoms with Crippen LogP contribution in [0.2, 0.25) is 0 Å². The summed E-state index contributed by atoms with van der Waals surface area (Å²) in [6, 6.07) is 7.50. The quantitative estimate of drug-likeness (QED) is 0.617. The normalized spacial score (nSPS) is 17.1. The number of hydrogen-bond donors (Lipinski definition) is 1. The predicted molar refractivity (Wildman–Crippen MR) is 127 cm³/mol. The molecule has 1 N–H and O–H groups in total. The topological polar surface area (TPSA) is 97.7 Å². The van der Waals surface area contributed by atoms with Crippen LogP contribution in [0.15, 0.2) is 29.2 Å². The first-order chi connectivity index (χ1) is 15.6. The Hall–Kier alpha value is -2.65. The van der Waals surface area contributed by atoms with Gasteiger partial charge in [0.2, 0.25) is 15.9 Å². The van der Waals surface area contributed by atoms with Gasteiger partial charge in [-0.25, -0.2) is 13.2 Å². The average molecular weight is 476 g/mol. The third kappa shape index (κ3) is 4.99. The van der Waals surface area contributed by atoms with E-state index in [4.69, 9.17) is 4.74 Å².